The molecule has 0 aliphatic heterocycles. The van der Waals surface area contributed by atoms with Gasteiger partial charge in [-0.15, -0.1) is 0 Å². The van der Waals surface area contributed by atoms with Crippen LogP contribution in [0.5, 0.6) is 17.2 Å². The molecule has 7 heteroatoms. The van der Waals surface area contributed by atoms with E-state index in [2.05, 4.69) is 10.6 Å². The largest absolute Gasteiger partial charge is 0.497 e. The predicted molar refractivity (Wildman–Crippen MR) is 99.3 cm³/mol. The summed E-state index contributed by atoms with van der Waals surface area (Å²) < 4.78 is 21.1. The molecule has 1 atom stereocenters. The van der Waals surface area contributed by atoms with E-state index in [1.54, 1.807) is 39.5 Å². The van der Waals surface area contributed by atoms with Gasteiger partial charge in [0.2, 0.25) is 0 Å². The van der Waals surface area contributed by atoms with E-state index in [1.165, 1.54) is 7.11 Å². The van der Waals surface area contributed by atoms with Gasteiger partial charge in [-0.05, 0) is 29.8 Å². The average Bonchev–Trinajstić information content (AvgIpc) is 2.68. The third kappa shape index (κ3) is 5.03. The third-order valence-electron chi connectivity index (χ3n) is 3.86. The lowest BCUT2D eigenvalue weighted by Crippen LogP contribution is -2.33. The number of carbonyl (C=O) groups is 1. The van der Waals surface area contributed by atoms with Gasteiger partial charge >= 0.3 is 6.03 Å². The molecular weight excluding hydrogens is 336 g/mol. The van der Waals surface area contributed by atoms with Crippen molar-refractivity contribution in [3.05, 3.63) is 48.0 Å². The zero-order chi connectivity index (χ0) is 18.9. The quantitative estimate of drug-likeness (QED) is 0.756. The number of hydrogen-bond acceptors (Lipinski definition) is 5. The lowest BCUT2D eigenvalue weighted by atomic mass is 10.1. The second-order valence-corrected chi connectivity index (χ2v) is 5.40. The van der Waals surface area contributed by atoms with E-state index >= 15 is 0 Å². The van der Waals surface area contributed by atoms with Crippen LogP contribution in [-0.2, 0) is 4.74 Å². The minimum atomic E-state index is -0.363. The monoisotopic (exact) mass is 360 g/mol. The normalized spacial score (nSPS) is 11.4. The van der Waals surface area contributed by atoms with Gasteiger partial charge in [0.1, 0.15) is 17.2 Å². The van der Waals surface area contributed by atoms with Gasteiger partial charge in [-0.1, -0.05) is 12.1 Å². The molecule has 2 N–H and O–H groups in total. The zero-order valence-corrected chi connectivity index (χ0v) is 15.4. The molecule has 140 valence electrons. The maximum atomic E-state index is 12.2. The molecule has 2 rings (SSSR count). The predicted octanol–water partition coefficient (Wildman–Crippen LogP) is 3.22. The zero-order valence-electron chi connectivity index (χ0n) is 15.4. The van der Waals surface area contributed by atoms with Gasteiger partial charge in [0.15, 0.2) is 0 Å². The molecule has 0 aliphatic rings. The summed E-state index contributed by atoms with van der Waals surface area (Å²) in [5.41, 5.74) is 1.45. The smallest absolute Gasteiger partial charge is 0.319 e. The number of urea groups is 1. The first kappa shape index (κ1) is 19.4. The lowest BCUT2D eigenvalue weighted by molar-refractivity contribution is 0.104. The molecule has 0 heterocycles. The highest BCUT2D eigenvalue weighted by molar-refractivity contribution is 5.91. The number of rotatable bonds is 8. The minimum absolute atomic E-state index is 0.298. The van der Waals surface area contributed by atoms with E-state index in [4.69, 9.17) is 18.9 Å². The van der Waals surface area contributed by atoms with Gasteiger partial charge < -0.3 is 29.6 Å². The molecule has 7 nitrogen and oxygen atoms in total. The van der Waals surface area contributed by atoms with Crippen LogP contribution in [0.3, 0.4) is 0 Å². The van der Waals surface area contributed by atoms with E-state index in [9.17, 15) is 4.79 Å². The van der Waals surface area contributed by atoms with E-state index < -0.39 is 0 Å². The number of carbonyl (C=O) groups excluding carboxylic acids is 1. The second kappa shape index (κ2) is 9.53. The Morgan fingerprint density at radius 3 is 2.35 bits per heavy atom. The number of methoxy groups -OCH3 is 4. The molecule has 0 fully saturated rings. The van der Waals surface area contributed by atoms with Gasteiger partial charge in [0.05, 0.1) is 33.1 Å². The van der Waals surface area contributed by atoms with Crippen molar-refractivity contribution in [2.24, 2.45) is 0 Å². The Hall–Kier alpha value is -2.93. The SMILES string of the molecule is COc1cccc(C(CNC(=O)Nc2ccc(OC)cc2OC)OC)c1. The van der Waals surface area contributed by atoms with Gasteiger partial charge in [-0.2, -0.15) is 0 Å². The molecular formula is C19H24N2O5. The Morgan fingerprint density at radius 2 is 1.69 bits per heavy atom. The molecule has 2 aromatic rings. The Morgan fingerprint density at radius 1 is 0.962 bits per heavy atom. The summed E-state index contributed by atoms with van der Waals surface area (Å²) >= 11 is 0. The highest BCUT2D eigenvalue weighted by Gasteiger charge is 2.14. The van der Waals surface area contributed by atoms with Crippen molar-refractivity contribution in [2.45, 2.75) is 6.10 Å². The molecule has 0 spiro atoms. The lowest BCUT2D eigenvalue weighted by Gasteiger charge is -2.18. The van der Waals surface area contributed by atoms with Crippen LogP contribution in [0.4, 0.5) is 10.5 Å². The first-order chi connectivity index (χ1) is 12.6. The summed E-state index contributed by atoms with van der Waals surface area (Å²) in [7, 11) is 6.30. The van der Waals surface area contributed by atoms with Crippen LogP contribution in [0.15, 0.2) is 42.5 Å². The van der Waals surface area contributed by atoms with E-state index in [-0.39, 0.29) is 12.1 Å². The van der Waals surface area contributed by atoms with Crippen LogP contribution in [0, 0.1) is 0 Å². The fraction of sp³-hybridized carbons (Fsp3) is 0.316. The van der Waals surface area contributed by atoms with Crippen LogP contribution in [0.25, 0.3) is 0 Å². The van der Waals surface area contributed by atoms with Crippen molar-refractivity contribution in [1.29, 1.82) is 0 Å². The first-order valence-corrected chi connectivity index (χ1v) is 8.05. The average molecular weight is 360 g/mol. The maximum absolute atomic E-state index is 12.2. The Balaban J connectivity index is 1.98. The number of nitrogens with one attached hydrogen (secondary N) is 2. The van der Waals surface area contributed by atoms with Gasteiger partial charge in [-0.3, -0.25) is 0 Å². The molecule has 0 saturated carbocycles. The Bertz CT molecular complexity index is 736. The molecule has 1 unspecified atom stereocenters. The Labute approximate surface area is 153 Å². The molecule has 2 amide bonds. The van der Waals surface area contributed by atoms with Crippen molar-refractivity contribution >= 4 is 11.7 Å². The standard InChI is InChI=1S/C19H24N2O5/c1-23-14-7-5-6-13(10-14)18(26-4)12-20-19(22)21-16-9-8-15(24-2)11-17(16)25-3/h5-11,18H,12H2,1-4H3,(H2,20,21,22). The third-order valence-corrected chi connectivity index (χ3v) is 3.86. The summed E-state index contributed by atoms with van der Waals surface area (Å²) in [6.07, 6.45) is -0.298. The van der Waals surface area contributed by atoms with Gasteiger partial charge in [0.25, 0.3) is 0 Å². The van der Waals surface area contributed by atoms with Crippen LogP contribution >= 0.6 is 0 Å². The van der Waals surface area contributed by atoms with Crippen LogP contribution in [0.2, 0.25) is 0 Å². The molecule has 2 aromatic carbocycles. The van der Waals surface area contributed by atoms with E-state index in [0.717, 1.165) is 11.3 Å². The van der Waals surface area contributed by atoms with Crippen LogP contribution in [0.1, 0.15) is 11.7 Å². The number of ether oxygens (including phenoxy) is 4. The van der Waals surface area contributed by atoms with Crippen LogP contribution < -0.4 is 24.8 Å². The summed E-state index contributed by atoms with van der Waals surface area (Å²) in [6.45, 7) is 0.300. The molecule has 0 radical (unpaired) electrons. The number of anilines is 1. The molecule has 0 saturated heterocycles. The number of benzene rings is 2. The topological polar surface area (TPSA) is 78.1 Å². The summed E-state index contributed by atoms with van der Waals surface area (Å²) in [5.74, 6) is 1.89. The van der Waals surface area contributed by atoms with Crippen molar-refractivity contribution in [3.8, 4) is 17.2 Å². The number of hydrogen-bond donors (Lipinski definition) is 2. The van der Waals surface area contributed by atoms with E-state index in [1.807, 2.05) is 24.3 Å². The second-order valence-electron chi connectivity index (χ2n) is 5.40. The van der Waals surface area contributed by atoms with Crippen molar-refractivity contribution in [1.82, 2.24) is 5.32 Å². The van der Waals surface area contributed by atoms with Crippen molar-refractivity contribution < 1.29 is 23.7 Å². The van der Waals surface area contributed by atoms with Gasteiger partial charge in [-0.25, -0.2) is 4.79 Å². The van der Waals surface area contributed by atoms with Gasteiger partial charge in [0, 0.05) is 19.7 Å². The van der Waals surface area contributed by atoms with E-state index in [0.29, 0.717) is 23.7 Å². The molecule has 26 heavy (non-hydrogen) atoms. The summed E-state index contributed by atoms with van der Waals surface area (Å²) in [4.78, 5) is 12.2. The highest BCUT2D eigenvalue weighted by Crippen LogP contribution is 2.29. The molecule has 0 aliphatic carbocycles. The van der Waals surface area contributed by atoms with Crippen molar-refractivity contribution in [2.75, 3.05) is 40.3 Å². The Kier molecular flexibility index (Phi) is 7.11. The minimum Gasteiger partial charge on any atom is -0.497 e. The molecule has 0 bridgehead atoms. The fourth-order valence-electron chi connectivity index (χ4n) is 2.43. The molecule has 0 aromatic heterocycles. The van der Waals surface area contributed by atoms with Crippen LogP contribution in [-0.4, -0.2) is 41.0 Å². The highest BCUT2D eigenvalue weighted by atomic mass is 16.5. The van der Waals surface area contributed by atoms with Crippen molar-refractivity contribution in [3.63, 3.8) is 0 Å². The number of amides is 2. The summed E-state index contributed by atoms with van der Waals surface area (Å²) in [6, 6.07) is 12.3. The first-order valence-electron chi connectivity index (χ1n) is 8.05. The maximum Gasteiger partial charge on any atom is 0.319 e. The summed E-state index contributed by atoms with van der Waals surface area (Å²) in [5, 5.41) is 5.55. The fourth-order valence-corrected chi connectivity index (χ4v) is 2.43.